The monoisotopic (exact) mass is 298 g/mol. The van der Waals surface area contributed by atoms with Crippen LogP contribution in [0.25, 0.3) is 0 Å². The van der Waals surface area contributed by atoms with E-state index in [0.717, 1.165) is 16.9 Å². The summed E-state index contributed by atoms with van der Waals surface area (Å²) < 4.78 is 26.4. The molecule has 0 radical (unpaired) electrons. The fourth-order valence-electron chi connectivity index (χ4n) is 1.45. The van der Waals surface area contributed by atoms with Gasteiger partial charge in [0.1, 0.15) is 15.6 Å². The zero-order chi connectivity index (χ0) is 14.0. The van der Waals surface area contributed by atoms with E-state index in [1.165, 1.54) is 17.6 Å². The number of sulfonamides is 1. The number of nitrogens with one attached hydrogen (secondary N) is 1. The number of aromatic nitrogens is 1. The number of pyridine rings is 1. The number of thiophene rings is 1. The van der Waals surface area contributed by atoms with Gasteiger partial charge in [0.25, 0.3) is 10.0 Å². The topological polar surface area (TPSA) is 96.4 Å². The van der Waals surface area contributed by atoms with Gasteiger partial charge in [0.2, 0.25) is 0 Å². The quantitative estimate of drug-likeness (QED) is 0.899. The van der Waals surface area contributed by atoms with Crippen molar-refractivity contribution in [2.45, 2.75) is 11.8 Å². The van der Waals surface area contributed by atoms with E-state index in [1.54, 1.807) is 19.1 Å². The van der Waals surface area contributed by atoms with Crippen LogP contribution < -0.4 is 4.72 Å². The van der Waals surface area contributed by atoms with Crippen molar-refractivity contribution >= 4 is 33.1 Å². The van der Waals surface area contributed by atoms with Crippen molar-refractivity contribution in [3.8, 4) is 0 Å². The Kier molecular flexibility index (Phi) is 3.54. The number of aryl methyl sites for hydroxylation is 1. The van der Waals surface area contributed by atoms with Gasteiger partial charge >= 0.3 is 5.97 Å². The molecule has 0 saturated heterocycles. The summed E-state index contributed by atoms with van der Waals surface area (Å²) in [5.74, 6) is -1.12. The van der Waals surface area contributed by atoms with Crippen LogP contribution in [0, 0.1) is 6.92 Å². The van der Waals surface area contributed by atoms with E-state index in [2.05, 4.69) is 9.71 Å². The Morgan fingerprint density at radius 1 is 1.42 bits per heavy atom. The Morgan fingerprint density at radius 3 is 2.79 bits per heavy atom. The third-order valence-corrected chi connectivity index (χ3v) is 4.70. The summed E-state index contributed by atoms with van der Waals surface area (Å²) in [5, 5.41) is 10.3. The number of rotatable bonds is 4. The molecule has 6 nitrogen and oxygen atoms in total. The van der Waals surface area contributed by atoms with Crippen molar-refractivity contribution < 1.29 is 18.3 Å². The van der Waals surface area contributed by atoms with Crippen LogP contribution in [0.4, 0.5) is 5.82 Å². The molecule has 0 aromatic carbocycles. The minimum Gasteiger partial charge on any atom is -0.477 e. The Hall–Kier alpha value is -1.93. The Bertz CT molecular complexity index is 722. The molecule has 0 aliphatic carbocycles. The first-order valence-corrected chi connectivity index (χ1v) is 7.53. The highest BCUT2D eigenvalue weighted by Gasteiger charge is 2.24. The third-order valence-electron chi connectivity index (χ3n) is 2.27. The second kappa shape index (κ2) is 4.98. The molecule has 2 rings (SSSR count). The lowest BCUT2D eigenvalue weighted by molar-refractivity contribution is 0.0698. The zero-order valence-corrected chi connectivity index (χ0v) is 11.5. The number of carboxylic acids is 1. The zero-order valence-electron chi connectivity index (χ0n) is 9.82. The number of carbonyl (C=O) groups is 1. The van der Waals surface area contributed by atoms with Crippen LogP contribution in [0.2, 0.25) is 0 Å². The normalized spacial score (nSPS) is 11.2. The molecule has 19 heavy (non-hydrogen) atoms. The van der Waals surface area contributed by atoms with E-state index in [1.807, 2.05) is 0 Å². The van der Waals surface area contributed by atoms with Crippen LogP contribution in [0.15, 0.2) is 34.7 Å². The van der Waals surface area contributed by atoms with Gasteiger partial charge in [-0.05, 0) is 36.1 Å². The third kappa shape index (κ3) is 2.91. The maximum atomic E-state index is 12.1. The number of hydrogen-bond donors (Lipinski definition) is 2. The maximum Gasteiger partial charge on any atom is 0.347 e. The molecule has 2 aromatic rings. The summed E-state index contributed by atoms with van der Waals surface area (Å²) in [4.78, 5) is 14.3. The van der Waals surface area contributed by atoms with Gasteiger partial charge in [0.05, 0.1) is 0 Å². The lowest BCUT2D eigenvalue weighted by atomic mass is 10.3. The molecule has 0 fully saturated rings. The molecular weight excluding hydrogens is 288 g/mol. The molecule has 100 valence electrons. The molecule has 0 spiro atoms. The van der Waals surface area contributed by atoms with E-state index >= 15 is 0 Å². The fraction of sp³-hybridized carbons (Fsp3) is 0.0909. The predicted molar refractivity (Wildman–Crippen MR) is 71.1 cm³/mol. The van der Waals surface area contributed by atoms with Crippen molar-refractivity contribution in [3.05, 3.63) is 40.2 Å². The molecule has 0 aliphatic heterocycles. The smallest absolute Gasteiger partial charge is 0.347 e. The Labute approximate surface area is 113 Å². The first-order chi connectivity index (χ1) is 8.90. The van der Waals surface area contributed by atoms with Crippen molar-refractivity contribution in [2.24, 2.45) is 0 Å². The highest BCUT2D eigenvalue weighted by atomic mass is 32.2. The lowest BCUT2D eigenvalue weighted by Gasteiger charge is -2.07. The van der Waals surface area contributed by atoms with Crippen molar-refractivity contribution in [1.82, 2.24) is 4.98 Å². The Balaban J connectivity index is 2.38. The average Bonchev–Trinajstić information content (AvgIpc) is 2.77. The number of hydrogen-bond acceptors (Lipinski definition) is 5. The lowest BCUT2D eigenvalue weighted by Crippen LogP contribution is -2.16. The van der Waals surface area contributed by atoms with Gasteiger partial charge in [-0.15, -0.1) is 11.3 Å². The Morgan fingerprint density at radius 2 is 2.16 bits per heavy atom. The first-order valence-electron chi connectivity index (χ1n) is 5.16. The van der Waals surface area contributed by atoms with E-state index in [0.29, 0.717) is 0 Å². The van der Waals surface area contributed by atoms with Gasteiger partial charge in [-0.1, -0.05) is 0 Å². The standard InChI is InChI=1S/C11H10N2O4S2/c1-7-2-4-12-9(6-7)13-19(16,17)8-3-5-18-10(8)11(14)15/h2-6H,1H3,(H,12,13)(H,14,15). The van der Waals surface area contributed by atoms with E-state index < -0.39 is 16.0 Å². The summed E-state index contributed by atoms with van der Waals surface area (Å²) in [6.07, 6.45) is 1.47. The molecule has 2 heterocycles. The highest BCUT2D eigenvalue weighted by molar-refractivity contribution is 7.93. The van der Waals surface area contributed by atoms with Gasteiger partial charge in [0.15, 0.2) is 0 Å². The largest absolute Gasteiger partial charge is 0.477 e. The second-order valence-corrected chi connectivity index (χ2v) is 6.31. The minimum atomic E-state index is -3.95. The number of carboxylic acid groups (broad SMARTS) is 1. The van der Waals surface area contributed by atoms with Crippen molar-refractivity contribution in [2.75, 3.05) is 4.72 Å². The average molecular weight is 298 g/mol. The predicted octanol–water partition coefficient (Wildman–Crippen LogP) is 1.95. The molecule has 0 bridgehead atoms. The van der Waals surface area contributed by atoms with Crippen LogP contribution in [0.3, 0.4) is 0 Å². The summed E-state index contributed by atoms with van der Waals surface area (Å²) in [6.45, 7) is 1.80. The number of anilines is 1. The molecule has 0 unspecified atom stereocenters. The molecular formula is C11H10N2O4S2. The van der Waals surface area contributed by atoms with Gasteiger partial charge < -0.3 is 5.11 Å². The molecule has 0 amide bonds. The summed E-state index contributed by atoms with van der Waals surface area (Å²) in [6, 6.07) is 4.54. The highest BCUT2D eigenvalue weighted by Crippen LogP contribution is 2.23. The van der Waals surface area contributed by atoms with Crippen LogP contribution in [0.5, 0.6) is 0 Å². The molecule has 2 aromatic heterocycles. The molecule has 8 heteroatoms. The summed E-state index contributed by atoms with van der Waals surface area (Å²) >= 11 is 0.859. The summed E-state index contributed by atoms with van der Waals surface area (Å²) in [5.41, 5.74) is 0.844. The summed E-state index contributed by atoms with van der Waals surface area (Å²) in [7, 11) is -3.95. The van der Waals surface area contributed by atoms with Crippen LogP contribution >= 0.6 is 11.3 Å². The van der Waals surface area contributed by atoms with E-state index in [9.17, 15) is 13.2 Å². The van der Waals surface area contributed by atoms with Crippen molar-refractivity contribution in [3.63, 3.8) is 0 Å². The van der Waals surface area contributed by atoms with E-state index in [4.69, 9.17) is 5.11 Å². The van der Waals surface area contributed by atoms with Crippen molar-refractivity contribution in [1.29, 1.82) is 0 Å². The fourth-order valence-corrected chi connectivity index (χ4v) is 3.71. The van der Waals surface area contributed by atoms with E-state index in [-0.39, 0.29) is 15.6 Å². The molecule has 0 atom stereocenters. The number of nitrogens with zero attached hydrogens (tertiary/aromatic N) is 1. The van der Waals surface area contributed by atoms with Gasteiger partial charge in [-0.25, -0.2) is 18.2 Å². The van der Waals surface area contributed by atoms with Crippen LogP contribution in [-0.2, 0) is 10.0 Å². The van der Waals surface area contributed by atoms with Gasteiger partial charge in [-0.3, -0.25) is 4.72 Å². The maximum absolute atomic E-state index is 12.1. The van der Waals surface area contributed by atoms with Gasteiger partial charge in [0, 0.05) is 6.20 Å². The van der Waals surface area contributed by atoms with Gasteiger partial charge in [-0.2, -0.15) is 0 Å². The number of aromatic carboxylic acids is 1. The molecule has 0 saturated carbocycles. The second-order valence-electron chi connectivity index (χ2n) is 3.74. The molecule has 2 N–H and O–H groups in total. The van der Waals surface area contributed by atoms with Crippen LogP contribution in [-0.4, -0.2) is 24.5 Å². The molecule has 0 aliphatic rings. The first kappa shape index (κ1) is 13.5. The van der Waals surface area contributed by atoms with Crippen LogP contribution in [0.1, 0.15) is 15.2 Å². The SMILES string of the molecule is Cc1ccnc(NS(=O)(=O)c2ccsc2C(=O)O)c1. The minimum absolute atomic E-state index is 0.155.